The number of ether oxygens (including phenoxy) is 1. The molecule has 9 heteroatoms. The molecule has 1 aliphatic rings. The topological polar surface area (TPSA) is 45.7 Å². The van der Waals surface area contributed by atoms with E-state index in [-0.39, 0.29) is 43.1 Å². The number of carbonyl (C=O) groups is 1. The molecule has 144 valence electrons. The van der Waals surface area contributed by atoms with Crippen LogP contribution in [0.15, 0.2) is 47.1 Å². The molecule has 3 rings (SSSR count). The quantitative estimate of drug-likeness (QED) is 0.708. The van der Waals surface area contributed by atoms with E-state index in [1.165, 1.54) is 16.0 Å². The first kappa shape index (κ1) is 19.5. The molecule has 0 bridgehead atoms. The lowest BCUT2D eigenvalue weighted by Gasteiger charge is -2.35. The van der Waals surface area contributed by atoms with E-state index >= 15 is 0 Å². The summed E-state index contributed by atoms with van der Waals surface area (Å²) in [5.41, 5.74) is 0.0790. The van der Waals surface area contributed by atoms with Gasteiger partial charge in [-0.25, -0.2) is 9.78 Å². The summed E-state index contributed by atoms with van der Waals surface area (Å²) in [4.78, 5) is 19.1. The number of halogens is 4. The van der Waals surface area contributed by atoms with Gasteiger partial charge in [0.25, 0.3) is 0 Å². The van der Waals surface area contributed by atoms with Crippen LogP contribution in [0.4, 0.5) is 23.8 Å². The number of carbonyl (C=O) groups excluding carboxylic acids is 1. The first-order valence-electron chi connectivity index (χ1n) is 8.28. The standard InChI is InChI=1S/C18H17BrF3N3O2/c19-14-10-15(18(20,21)22)16(23-11-14)24-6-8-25(9-7-24)17(26)27-12-13-4-2-1-3-5-13/h1-5,10-11H,6-9,12H2. The fourth-order valence-corrected chi connectivity index (χ4v) is 3.14. The molecule has 0 spiro atoms. The average molecular weight is 444 g/mol. The highest BCUT2D eigenvalue weighted by molar-refractivity contribution is 9.10. The zero-order valence-electron chi connectivity index (χ0n) is 14.2. The highest BCUT2D eigenvalue weighted by atomic mass is 79.9. The van der Waals surface area contributed by atoms with Crippen molar-refractivity contribution in [1.82, 2.24) is 9.88 Å². The second-order valence-electron chi connectivity index (χ2n) is 6.04. The molecule has 0 aliphatic carbocycles. The van der Waals surface area contributed by atoms with Crippen LogP contribution in [0.2, 0.25) is 0 Å². The van der Waals surface area contributed by atoms with Crippen molar-refractivity contribution in [3.8, 4) is 0 Å². The van der Waals surface area contributed by atoms with Gasteiger partial charge in [-0.1, -0.05) is 30.3 Å². The molecule has 1 amide bonds. The third-order valence-electron chi connectivity index (χ3n) is 4.18. The van der Waals surface area contributed by atoms with Gasteiger partial charge in [0.1, 0.15) is 12.4 Å². The second kappa shape index (κ2) is 8.16. The van der Waals surface area contributed by atoms with E-state index in [1.54, 1.807) is 0 Å². The van der Waals surface area contributed by atoms with Crippen molar-refractivity contribution in [3.63, 3.8) is 0 Å². The molecule has 0 atom stereocenters. The smallest absolute Gasteiger partial charge is 0.419 e. The maximum atomic E-state index is 13.3. The van der Waals surface area contributed by atoms with Crippen molar-refractivity contribution in [2.75, 3.05) is 31.1 Å². The van der Waals surface area contributed by atoms with E-state index < -0.39 is 17.8 Å². The number of aromatic nitrogens is 1. The first-order chi connectivity index (χ1) is 12.8. The van der Waals surface area contributed by atoms with E-state index in [0.29, 0.717) is 0 Å². The van der Waals surface area contributed by atoms with E-state index in [0.717, 1.165) is 11.6 Å². The predicted molar refractivity (Wildman–Crippen MR) is 97.4 cm³/mol. The van der Waals surface area contributed by atoms with Gasteiger partial charge in [-0.2, -0.15) is 13.2 Å². The molecule has 0 unspecified atom stereocenters. The van der Waals surface area contributed by atoms with Crippen LogP contribution in [0.25, 0.3) is 0 Å². The van der Waals surface area contributed by atoms with Gasteiger partial charge in [0.15, 0.2) is 0 Å². The Morgan fingerprint density at radius 3 is 2.44 bits per heavy atom. The summed E-state index contributed by atoms with van der Waals surface area (Å²) in [7, 11) is 0. The Hall–Kier alpha value is -2.29. The van der Waals surface area contributed by atoms with Gasteiger partial charge in [-0.3, -0.25) is 0 Å². The number of amides is 1. The number of rotatable bonds is 3. The monoisotopic (exact) mass is 443 g/mol. The van der Waals surface area contributed by atoms with Crippen molar-refractivity contribution < 1.29 is 22.7 Å². The molecule has 2 heterocycles. The summed E-state index contributed by atoms with van der Waals surface area (Å²) in [6.07, 6.45) is -3.64. The van der Waals surface area contributed by atoms with Gasteiger partial charge >= 0.3 is 12.3 Å². The van der Waals surface area contributed by atoms with Gasteiger partial charge < -0.3 is 14.5 Å². The van der Waals surface area contributed by atoms with Crippen molar-refractivity contribution >= 4 is 27.8 Å². The molecule has 5 nitrogen and oxygen atoms in total. The van der Waals surface area contributed by atoms with Crippen LogP contribution in [0.3, 0.4) is 0 Å². The number of nitrogens with zero attached hydrogens (tertiary/aromatic N) is 3. The minimum Gasteiger partial charge on any atom is -0.445 e. The van der Waals surface area contributed by atoms with Crippen LogP contribution in [-0.2, 0) is 17.5 Å². The second-order valence-corrected chi connectivity index (χ2v) is 6.95. The van der Waals surface area contributed by atoms with Gasteiger partial charge in [-0.05, 0) is 27.6 Å². The van der Waals surface area contributed by atoms with Gasteiger partial charge in [-0.15, -0.1) is 0 Å². The Morgan fingerprint density at radius 1 is 1.15 bits per heavy atom. The number of hydrogen-bond acceptors (Lipinski definition) is 4. The molecule has 0 N–H and O–H groups in total. The highest BCUT2D eigenvalue weighted by Gasteiger charge is 2.37. The van der Waals surface area contributed by atoms with Crippen LogP contribution in [-0.4, -0.2) is 42.2 Å². The summed E-state index contributed by atoms with van der Waals surface area (Å²) >= 11 is 3.03. The summed E-state index contributed by atoms with van der Waals surface area (Å²) < 4.78 is 45.4. The number of benzene rings is 1. The Balaban J connectivity index is 1.60. The van der Waals surface area contributed by atoms with Crippen molar-refractivity contribution in [2.45, 2.75) is 12.8 Å². The van der Waals surface area contributed by atoms with Crippen molar-refractivity contribution in [2.24, 2.45) is 0 Å². The summed E-state index contributed by atoms with van der Waals surface area (Å²) in [5, 5.41) is 0. The summed E-state index contributed by atoms with van der Waals surface area (Å²) in [6, 6.07) is 10.3. The van der Waals surface area contributed by atoms with Crippen molar-refractivity contribution in [1.29, 1.82) is 0 Å². The van der Waals surface area contributed by atoms with Gasteiger partial charge in [0.2, 0.25) is 0 Å². The Labute approximate surface area is 162 Å². The normalized spacial score (nSPS) is 15.0. The van der Waals surface area contributed by atoms with E-state index in [4.69, 9.17) is 4.74 Å². The van der Waals surface area contributed by atoms with Crippen molar-refractivity contribution in [3.05, 3.63) is 58.2 Å². The SMILES string of the molecule is O=C(OCc1ccccc1)N1CCN(c2ncc(Br)cc2C(F)(F)F)CC1. The molecule has 1 aliphatic heterocycles. The number of hydrogen-bond donors (Lipinski definition) is 0. The van der Waals surface area contributed by atoms with E-state index in [1.807, 2.05) is 30.3 Å². The lowest BCUT2D eigenvalue weighted by atomic mass is 10.2. The highest BCUT2D eigenvalue weighted by Crippen LogP contribution is 2.37. The molecule has 0 saturated carbocycles. The maximum Gasteiger partial charge on any atom is 0.419 e. The molecular formula is C18H17BrF3N3O2. The summed E-state index contributed by atoms with van der Waals surface area (Å²) in [6.45, 7) is 1.19. The fourth-order valence-electron chi connectivity index (χ4n) is 2.80. The third-order valence-corrected chi connectivity index (χ3v) is 4.61. The lowest BCUT2D eigenvalue weighted by Crippen LogP contribution is -2.49. The van der Waals surface area contributed by atoms with Crippen LogP contribution in [0.5, 0.6) is 0 Å². The molecule has 1 aromatic carbocycles. The molecule has 1 fully saturated rings. The Kier molecular flexibility index (Phi) is 5.88. The molecule has 2 aromatic rings. The number of alkyl halides is 3. The van der Waals surface area contributed by atoms with Gasteiger partial charge in [0, 0.05) is 36.8 Å². The number of pyridine rings is 1. The number of anilines is 1. The molecule has 1 aromatic heterocycles. The van der Waals surface area contributed by atoms with Gasteiger partial charge in [0.05, 0.1) is 5.56 Å². The minimum absolute atomic E-state index is 0.122. The first-order valence-corrected chi connectivity index (χ1v) is 9.07. The zero-order valence-corrected chi connectivity index (χ0v) is 15.8. The van der Waals surface area contributed by atoms with Crippen LogP contribution < -0.4 is 4.90 Å². The molecule has 27 heavy (non-hydrogen) atoms. The third kappa shape index (κ3) is 4.91. The van der Waals surface area contributed by atoms with Crippen LogP contribution in [0, 0.1) is 0 Å². The minimum atomic E-state index is -4.50. The van der Waals surface area contributed by atoms with Crippen LogP contribution in [0.1, 0.15) is 11.1 Å². The molecule has 1 saturated heterocycles. The average Bonchev–Trinajstić information content (AvgIpc) is 2.66. The number of piperazine rings is 1. The fraction of sp³-hybridized carbons (Fsp3) is 0.333. The van der Waals surface area contributed by atoms with E-state index in [2.05, 4.69) is 20.9 Å². The zero-order chi connectivity index (χ0) is 19.4. The lowest BCUT2D eigenvalue weighted by molar-refractivity contribution is -0.137. The van der Waals surface area contributed by atoms with Crippen LogP contribution >= 0.6 is 15.9 Å². The molecular weight excluding hydrogens is 427 g/mol. The molecule has 0 radical (unpaired) electrons. The maximum absolute atomic E-state index is 13.3. The largest absolute Gasteiger partial charge is 0.445 e. The predicted octanol–water partition coefficient (Wildman–Crippen LogP) is 4.32. The summed E-state index contributed by atoms with van der Waals surface area (Å²) in [5.74, 6) is -0.122. The van der Waals surface area contributed by atoms with E-state index in [9.17, 15) is 18.0 Å². The Bertz CT molecular complexity index is 794. The Morgan fingerprint density at radius 2 is 1.81 bits per heavy atom.